The first-order valence-electron chi connectivity index (χ1n) is 4.00. The highest BCUT2D eigenvalue weighted by Gasteiger charge is 2.00. The predicted molar refractivity (Wildman–Crippen MR) is 60.2 cm³/mol. The van der Waals surface area contributed by atoms with Crippen LogP contribution in [0.15, 0.2) is 41.1 Å². The lowest BCUT2D eigenvalue weighted by Crippen LogP contribution is -1.87. The summed E-state index contributed by atoms with van der Waals surface area (Å²) in [6.45, 7) is 0. The Morgan fingerprint density at radius 3 is 2.43 bits per heavy atom. The first kappa shape index (κ1) is 9.62. The summed E-state index contributed by atoms with van der Waals surface area (Å²) in [6.07, 6.45) is 1.71. The van der Waals surface area contributed by atoms with E-state index in [0.717, 1.165) is 10.2 Å². The van der Waals surface area contributed by atoms with Gasteiger partial charge in [-0.3, -0.25) is 0 Å². The Balaban J connectivity index is 2.44. The molecular formula is C10H6BrClN2. The SMILES string of the molecule is Clc1ccc(-c2nccc(Br)n2)cc1. The fraction of sp³-hybridized carbons (Fsp3) is 0. The summed E-state index contributed by atoms with van der Waals surface area (Å²) < 4.78 is 0.775. The molecule has 0 bridgehead atoms. The van der Waals surface area contributed by atoms with Crippen molar-refractivity contribution in [2.24, 2.45) is 0 Å². The molecular weight excluding hydrogens is 263 g/mol. The third-order valence-corrected chi connectivity index (χ3v) is 2.42. The maximum absolute atomic E-state index is 5.78. The van der Waals surface area contributed by atoms with Crippen molar-refractivity contribution in [1.82, 2.24) is 9.97 Å². The molecule has 0 fully saturated rings. The number of hydrogen-bond acceptors (Lipinski definition) is 2. The first-order valence-corrected chi connectivity index (χ1v) is 5.17. The molecule has 0 radical (unpaired) electrons. The number of rotatable bonds is 1. The smallest absolute Gasteiger partial charge is 0.160 e. The van der Waals surface area contributed by atoms with Crippen LogP contribution in [-0.2, 0) is 0 Å². The predicted octanol–water partition coefficient (Wildman–Crippen LogP) is 3.56. The molecule has 1 aromatic heterocycles. The molecule has 14 heavy (non-hydrogen) atoms. The van der Waals surface area contributed by atoms with Crippen LogP contribution in [0.3, 0.4) is 0 Å². The monoisotopic (exact) mass is 268 g/mol. The first-order chi connectivity index (χ1) is 6.75. The molecule has 0 spiro atoms. The average molecular weight is 270 g/mol. The Labute approximate surface area is 95.1 Å². The highest BCUT2D eigenvalue weighted by molar-refractivity contribution is 9.10. The molecule has 0 amide bonds. The molecule has 2 nitrogen and oxygen atoms in total. The summed E-state index contributed by atoms with van der Waals surface area (Å²) >= 11 is 9.08. The highest BCUT2D eigenvalue weighted by atomic mass is 79.9. The van der Waals surface area contributed by atoms with Gasteiger partial charge in [0.05, 0.1) is 0 Å². The zero-order chi connectivity index (χ0) is 9.97. The van der Waals surface area contributed by atoms with Crippen LogP contribution in [0.1, 0.15) is 0 Å². The third kappa shape index (κ3) is 2.11. The lowest BCUT2D eigenvalue weighted by molar-refractivity contribution is 1.15. The molecule has 2 aromatic rings. The van der Waals surface area contributed by atoms with Crippen LogP contribution >= 0.6 is 27.5 Å². The van der Waals surface area contributed by atoms with E-state index in [-0.39, 0.29) is 0 Å². The maximum atomic E-state index is 5.78. The van der Waals surface area contributed by atoms with Crippen LogP contribution < -0.4 is 0 Å². The van der Waals surface area contributed by atoms with Gasteiger partial charge < -0.3 is 0 Å². The van der Waals surface area contributed by atoms with Gasteiger partial charge >= 0.3 is 0 Å². The van der Waals surface area contributed by atoms with Crippen LogP contribution in [-0.4, -0.2) is 9.97 Å². The van der Waals surface area contributed by atoms with E-state index in [1.54, 1.807) is 12.3 Å². The van der Waals surface area contributed by atoms with Crippen molar-refractivity contribution < 1.29 is 0 Å². The number of halogens is 2. The van der Waals surface area contributed by atoms with Gasteiger partial charge in [0.15, 0.2) is 5.82 Å². The van der Waals surface area contributed by atoms with E-state index in [2.05, 4.69) is 25.9 Å². The van der Waals surface area contributed by atoms with Crippen LogP contribution in [0.4, 0.5) is 0 Å². The van der Waals surface area contributed by atoms with Gasteiger partial charge in [-0.15, -0.1) is 0 Å². The lowest BCUT2D eigenvalue weighted by Gasteiger charge is -1.99. The van der Waals surface area contributed by atoms with Crippen LogP contribution in [0, 0.1) is 0 Å². The van der Waals surface area contributed by atoms with E-state index in [1.807, 2.05) is 24.3 Å². The van der Waals surface area contributed by atoms with Crippen molar-refractivity contribution in [3.05, 3.63) is 46.2 Å². The lowest BCUT2D eigenvalue weighted by atomic mass is 10.2. The van der Waals surface area contributed by atoms with Gasteiger partial charge in [-0.25, -0.2) is 9.97 Å². The van der Waals surface area contributed by atoms with Crippen molar-refractivity contribution in [3.8, 4) is 11.4 Å². The summed E-state index contributed by atoms with van der Waals surface area (Å²) in [6, 6.07) is 9.22. The summed E-state index contributed by atoms with van der Waals surface area (Å²) in [5.74, 6) is 0.691. The summed E-state index contributed by atoms with van der Waals surface area (Å²) in [5.41, 5.74) is 0.954. The van der Waals surface area contributed by atoms with E-state index < -0.39 is 0 Å². The van der Waals surface area contributed by atoms with E-state index in [1.165, 1.54) is 0 Å². The molecule has 1 heterocycles. The number of benzene rings is 1. The Bertz CT molecular complexity index is 442. The standard InChI is InChI=1S/C10H6BrClN2/c11-9-5-6-13-10(14-9)7-1-3-8(12)4-2-7/h1-6H. The molecule has 4 heteroatoms. The van der Waals surface area contributed by atoms with Gasteiger partial charge in [0.25, 0.3) is 0 Å². The van der Waals surface area contributed by atoms with Crippen molar-refractivity contribution in [1.29, 1.82) is 0 Å². The van der Waals surface area contributed by atoms with Gasteiger partial charge in [-0.2, -0.15) is 0 Å². The normalized spacial score (nSPS) is 10.1. The largest absolute Gasteiger partial charge is 0.237 e. The zero-order valence-corrected chi connectivity index (χ0v) is 9.46. The Kier molecular flexibility index (Phi) is 2.79. The molecule has 0 saturated carbocycles. The van der Waals surface area contributed by atoms with Gasteiger partial charge in [-0.05, 0) is 46.3 Å². The van der Waals surface area contributed by atoms with E-state index >= 15 is 0 Å². The second-order valence-corrected chi connectivity index (χ2v) is 3.96. The van der Waals surface area contributed by atoms with Crippen molar-refractivity contribution in [2.75, 3.05) is 0 Å². The van der Waals surface area contributed by atoms with Gasteiger partial charge in [-0.1, -0.05) is 11.6 Å². The van der Waals surface area contributed by atoms with E-state index in [4.69, 9.17) is 11.6 Å². The van der Waals surface area contributed by atoms with Gasteiger partial charge in [0, 0.05) is 16.8 Å². The second kappa shape index (κ2) is 4.07. The third-order valence-electron chi connectivity index (χ3n) is 1.72. The molecule has 0 aliphatic carbocycles. The van der Waals surface area contributed by atoms with Crippen LogP contribution in [0.2, 0.25) is 5.02 Å². The van der Waals surface area contributed by atoms with Crippen molar-refractivity contribution in [2.45, 2.75) is 0 Å². The molecule has 2 rings (SSSR count). The number of hydrogen-bond donors (Lipinski definition) is 0. The maximum Gasteiger partial charge on any atom is 0.160 e. The second-order valence-electron chi connectivity index (χ2n) is 2.71. The highest BCUT2D eigenvalue weighted by Crippen LogP contribution is 2.18. The van der Waals surface area contributed by atoms with Crippen molar-refractivity contribution >= 4 is 27.5 Å². The Morgan fingerprint density at radius 2 is 1.79 bits per heavy atom. The fourth-order valence-corrected chi connectivity index (χ4v) is 1.49. The molecule has 0 N–H and O–H groups in total. The minimum atomic E-state index is 0.691. The number of aromatic nitrogens is 2. The average Bonchev–Trinajstić information content (AvgIpc) is 2.19. The van der Waals surface area contributed by atoms with Crippen molar-refractivity contribution in [3.63, 3.8) is 0 Å². The fourth-order valence-electron chi connectivity index (χ4n) is 1.07. The minimum absolute atomic E-state index is 0.691. The van der Waals surface area contributed by atoms with E-state index in [9.17, 15) is 0 Å². The number of nitrogens with zero attached hydrogens (tertiary/aromatic N) is 2. The Morgan fingerprint density at radius 1 is 1.07 bits per heavy atom. The summed E-state index contributed by atoms with van der Waals surface area (Å²) in [4.78, 5) is 8.39. The van der Waals surface area contributed by atoms with Gasteiger partial charge in [0.2, 0.25) is 0 Å². The Hall–Kier alpha value is -0.930. The zero-order valence-electron chi connectivity index (χ0n) is 7.11. The summed E-state index contributed by atoms with van der Waals surface area (Å²) in [7, 11) is 0. The summed E-state index contributed by atoms with van der Waals surface area (Å²) in [5, 5.41) is 0.712. The van der Waals surface area contributed by atoms with Crippen LogP contribution in [0.5, 0.6) is 0 Å². The molecule has 70 valence electrons. The minimum Gasteiger partial charge on any atom is -0.237 e. The van der Waals surface area contributed by atoms with E-state index in [0.29, 0.717) is 10.8 Å². The molecule has 0 saturated heterocycles. The van der Waals surface area contributed by atoms with Crippen LogP contribution in [0.25, 0.3) is 11.4 Å². The quantitative estimate of drug-likeness (QED) is 0.740. The molecule has 0 aliphatic rings. The topological polar surface area (TPSA) is 25.8 Å². The van der Waals surface area contributed by atoms with Gasteiger partial charge in [0.1, 0.15) is 4.60 Å². The molecule has 1 aromatic carbocycles. The molecule has 0 aliphatic heterocycles. The molecule has 0 unspecified atom stereocenters. The molecule has 0 atom stereocenters.